The molecule has 3 heteroatoms. The Morgan fingerprint density at radius 1 is 0.950 bits per heavy atom. The van der Waals surface area contributed by atoms with E-state index in [2.05, 4.69) is 36.5 Å². The molecule has 0 spiro atoms. The summed E-state index contributed by atoms with van der Waals surface area (Å²) < 4.78 is 0. The van der Waals surface area contributed by atoms with Crippen molar-refractivity contribution in [3.63, 3.8) is 0 Å². The molecule has 1 saturated carbocycles. The van der Waals surface area contributed by atoms with Crippen LogP contribution in [0.2, 0.25) is 0 Å². The zero-order valence-corrected chi connectivity index (χ0v) is 11.2. The fraction of sp³-hybridized carbons (Fsp3) is 0.294. The van der Waals surface area contributed by atoms with Crippen molar-refractivity contribution in [1.82, 2.24) is 5.32 Å². The lowest BCUT2D eigenvalue weighted by molar-refractivity contribution is -0.126. The third-order valence-electron chi connectivity index (χ3n) is 4.90. The van der Waals surface area contributed by atoms with Crippen LogP contribution in [0.4, 0.5) is 0 Å². The predicted molar refractivity (Wildman–Crippen MR) is 75.3 cm³/mol. The molecule has 1 saturated heterocycles. The van der Waals surface area contributed by atoms with E-state index in [4.69, 9.17) is 0 Å². The maximum Gasteiger partial charge on any atom is 0.231 e. The van der Waals surface area contributed by atoms with Crippen LogP contribution in [-0.4, -0.2) is 11.8 Å². The van der Waals surface area contributed by atoms with Crippen LogP contribution in [0.1, 0.15) is 12.5 Å². The van der Waals surface area contributed by atoms with Crippen molar-refractivity contribution >= 4 is 17.4 Å². The van der Waals surface area contributed by atoms with Crippen LogP contribution in [0.15, 0.2) is 48.1 Å². The molecule has 4 atom stereocenters. The summed E-state index contributed by atoms with van der Waals surface area (Å²) in [4.78, 5) is 23.9. The average Bonchev–Trinajstić information content (AvgIpc) is 3.10. The second-order valence-electron chi connectivity index (χ2n) is 5.79. The van der Waals surface area contributed by atoms with Gasteiger partial charge in [0, 0.05) is 11.8 Å². The van der Waals surface area contributed by atoms with Crippen molar-refractivity contribution in [2.45, 2.75) is 6.92 Å². The number of rotatable bonds is 1. The second kappa shape index (κ2) is 3.92. The molecule has 20 heavy (non-hydrogen) atoms. The summed E-state index contributed by atoms with van der Waals surface area (Å²) in [6.07, 6.45) is 4.21. The number of hydrogen-bond donors (Lipinski definition) is 1. The quantitative estimate of drug-likeness (QED) is 0.625. The molecule has 0 unspecified atom stereocenters. The Morgan fingerprint density at radius 3 is 2.05 bits per heavy atom. The Morgan fingerprint density at radius 2 is 1.50 bits per heavy atom. The highest BCUT2D eigenvalue weighted by Gasteiger charge is 2.58. The zero-order chi connectivity index (χ0) is 13.9. The lowest BCUT2D eigenvalue weighted by atomic mass is 9.85. The molecule has 4 rings (SSSR count). The van der Waals surface area contributed by atoms with E-state index in [-0.39, 0.29) is 35.5 Å². The van der Waals surface area contributed by atoms with Gasteiger partial charge < -0.3 is 0 Å². The van der Waals surface area contributed by atoms with Gasteiger partial charge in [0.25, 0.3) is 0 Å². The van der Waals surface area contributed by atoms with E-state index < -0.39 is 0 Å². The Labute approximate surface area is 117 Å². The first kappa shape index (κ1) is 11.6. The number of allylic oxidation sites excluding steroid dienone is 4. The number of benzene rings is 1. The van der Waals surface area contributed by atoms with Crippen molar-refractivity contribution in [2.24, 2.45) is 23.7 Å². The maximum atomic E-state index is 12.0. The summed E-state index contributed by atoms with van der Waals surface area (Å²) >= 11 is 0. The molecular formula is C17H15NO2. The molecule has 2 amide bonds. The minimum Gasteiger partial charge on any atom is -0.296 e. The zero-order valence-electron chi connectivity index (χ0n) is 11.2. The van der Waals surface area contributed by atoms with Gasteiger partial charge in [-0.15, -0.1) is 0 Å². The number of carbonyl (C=O) groups excluding carboxylic acids is 2. The van der Waals surface area contributed by atoms with Gasteiger partial charge in [0.2, 0.25) is 11.8 Å². The molecule has 2 bridgehead atoms. The fourth-order valence-electron chi connectivity index (χ4n) is 4.04. The topological polar surface area (TPSA) is 46.2 Å². The molecule has 1 heterocycles. The molecule has 2 fully saturated rings. The number of nitrogens with one attached hydrogen (secondary N) is 1. The summed E-state index contributed by atoms with van der Waals surface area (Å²) in [5, 5.41) is 2.48. The van der Waals surface area contributed by atoms with Gasteiger partial charge in [0.05, 0.1) is 11.8 Å². The molecule has 0 aromatic heterocycles. The first-order chi connectivity index (χ1) is 9.68. The summed E-state index contributed by atoms with van der Waals surface area (Å²) in [6, 6.07) is 10.2. The lowest BCUT2D eigenvalue weighted by Crippen LogP contribution is -2.26. The number of fused-ring (bicyclic) bond motifs is 5. The highest BCUT2D eigenvalue weighted by atomic mass is 16.2. The molecule has 2 aliphatic carbocycles. The van der Waals surface area contributed by atoms with Gasteiger partial charge in [-0.25, -0.2) is 0 Å². The monoisotopic (exact) mass is 265 g/mol. The van der Waals surface area contributed by atoms with Crippen LogP contribution in [-0.2, 0) is 9.59 Å². The van der Waals surface area contributed by atoms with Crippen molar-refractivity contribution < 1.29 is 9.59 Å². The minimum atomic E-state index is -0.189. The molecule has 3 nitrogen and oxygen atoms in total. The molecule has 3 aliphatic rings. The number of imide groups is 1. The van der Waals surface area contributed by atoms with Gasteiger partial charge in [-0.3, -0.25) is 14.9 Å². The lowest BCUT2D eigenvalue weighted by Gasteiger charge is -2.14. The first-order valence-corrected chi connectivity index (χ1v) is 6.97. The Bertz CT molecular complexity index is 639. The Hall–Kier alpha value is -2.16. The van der Waals surface area contributed by atoms with Gasteiger partial charge in [-0.1, -0.05) is 48.1 Å². The van der Waals surface area contributed by atoms with E-state index >= 15 is 0 Å². The standard InChI is InChI=1S/C17H15NO2/c1-9(10-5-3-2-4-6-10)13-11-7-8-12(13)15-14(11)16(19)18-17(15)20/h2-8,11-12,14-15H,1H3,(H,18,19,20)/t11-,12-,14-,15-/m1/s1. The first-order valence-electron chi connectivity index (χ1n) is 6.97. The van der Waals surface area contributed by atoms with E-state index in [0.717, 1.165) is 0 Å². The largest absolute Gasteiger partial charge is 0.296 e. The smallest absolute Gasteiger partial charge is 0.231 e. The number of amides is 2. The van der Waals surface area contributed by atoms with Crippen molar-refractivity contribution in [3.05, 3.63) is 53.6 Å². The molecule has 1 aliphatic heterocycles. The summed E-state index contributed by atoms with van der Waals surface area (Å²) in [5.41, 5.74) is 3.64. The molecule has 100 valence electrons. The van der Waals surface area contributed by atoms with Crippen LogP contribution in [0.25, 0.3) is 5.57 Å². The molecule has 1 aromatic rings. The van der Waals surface area contributed by atoms with Crippen LogP contribution < -0.4 is 5.32 Å². The van der Waals surface area contributed by atoms with Crippen molar-refractivity contribution in [3.8, 4) is 0 Å². The third kappa shape index (κ3) is 1.35. The number of hydrogen-bond acceptors (Lipinski definition) is 2. The van der Waals surface area contributed by atoms with Gasteiger partial charge in [0.1, 0.15) is 0 Å². The highest BCUT2D eigenvalue weighted by molar-refractivity contribution is 6.07. The molecule has 1 aromatic carbocycles. The summed E-state index contributed by atoms with van der Waals surface area (Å²) in [7, 11) is 0. The molecular weight excluding hydrogens is 250 g/mol. The Kier molecular flexibility index (Phi) is 2.28. The van der Waals surface area contributed by atoms with Gasteiger partial charge >= 0.3 is 0 Å². The SMILES string of the molecule is CC(=C1[C@H]2C=C[C@H]1[C@H]1C(=O)NC(=O)[C@@H]12)c1ccccc1. The van der Waals surface area contributed by atoms with Gasteiger partial charge in [0.15, 0.2) is 0 Å². The van der Waals surface area contributed by atoms with Gasteiger partial charge in [-0.2, -0.15) is 0 Å². The third-order valence-corrected chi connectivity index (χ3v) is 4.90. The van der Waals surface area contributed by atoms with E-state index in [1.54, 1.807) is 0 Å². The van der Waals surface area contributed by atoms with E-state index in [1.807, 2.05) is 18.2 Å². The highest BCUT2D eigenvalue weighted by Crippen LogP contribution is 2.55. The second-order valence-corrected chi connectivity index (χ2v) is 5.79. The van der Waals surface area contributed by atoms with E-state index in [9.17, 15) is 9.59 Å². The van der Waals surface area contributed by atoms with Crippen LogP contribution in [0, 0.1) is 23.7 Å². The Balaban J connectivity index is 1.84. The fourth-order valence-corrected chi connectivity index (χ4v) is 4.04. The molecule has 0 radical (unpaired) electrons. The van der Waals surface area contributed by atoms with Gasteiger partial charge in [-0.05, 0) is 18.1 Å². The minimum absolute atomic E-state index is 0.0941. The summed E-state index contributed by atoms with van der Waals surface area (Å²) in [6.45, 7) is 2.10. The van der Waals surface area contributed by atoms with Crippen molar-refractivity contribution in [1.29, 1.82) is 0 Å². The molecule has 1 N–H and O–H groups in total. The summed E-state index contributed by atoms with van der Waals surface area (Å²) in [5.74, 6) is -0.393. The van der Waals surface area contributed by atoms with Crippen LogP contribution in [0.3, 0.4) is 0 Å². The predicted octanol–water partition coefficient (Wildman–Crippen LogP) is 2.16. The maximum absolute atomic E-state index is 12.0. The van der Waals surface area contributed by atoms with Crippen molar-refractivity contribution in [2.75, 3.05) is 0 Å². The van der Waals surface area contributed by atoms with Crippen LogP contribution in [0.5, 0.6) is 0 Å². The number of carbonyl (C=O) groups is 2. The van der Waals surface area contributed by atoms with E-state index in [0.29, 0.717) is 0 Å². The normalized spacial score (nSPS) is 33.5. The average molecular weight is 265 g/mol. The van der Waals surface area contributed by atoms with E-state index in [1.165, 1.54) is 16.7 Å². The van der Waals surface area contributed by atoms with Crippen LogP contribution >= 0.6 is 0 Å².